The molecule has 0 aromatic carbocycles. The molecule has 2 aliphatic heterocycles. The van der Waals surface area contributed by atoms with Crippen molar-refractivity contribution in [3.63, 3.8) is 0 Å². The van der Waals surface area contributed by atoms with E-state index in [4.69, 9.17) is 4.74 Å². The van der Waals surface area contributed by atoms with Crippen LogP contribution in [0.4, 0.5) is 0 Å². The molecule has 122 valence electrons. The molecule has 2 N–H and O–H groups in total. The molecule has 1 amide bonds. The van der Waals surface area contributed by atoms with Gasteiger partial charge in [-0.3, -0.25) is 4.79 Å². The average molecular weight is 296 g/mol. The van der Waals surface area contributed by atoms with E-state index in [1.54, 1.807) is 0 Å². The van der Waals surface area contributed by atoms with Crippen molar-refractivity contribution in [2.75, 3.05) is 13.2 Å². The van der Waals surface area contributed by atoms with Gasteiger partial charge in [0.25, 0.3) is 0 Å². The SMILES string of the molecule is CCC1(CC)CC(NC(=O)CC2NCCCC2C)CCO1. The van der Waals surface area contributed by atoms with Crippen LogP contribution >= 0.6 is 0 Å². The Bertz CT molecular complexity index is 342. The van der Waals surface area contributed by atoms with Crippen molar-refractivity contribution < 1.29 is 9.53 Å². The summed E-state index contributed by atoms with van der Waals surface area (Å²) in [5.74, 6) is 0.804. The first-order chi connectivity index (χ1) is 10.1. The fourth-order valence-electron chi connectivity index (χ4n) is 3.77. The van der Waals surface area contributed by atoms with Crippen LogP contribution in [0, 0.1) is 5.92 Å². The second-order valence-electron chi connectivity index (χ2n) is 6.88. The Kier molecular flexibility index (Phi) is 6.06. The molecule has 0 saturated carbocycles. The van der Waals surface area contributed by atoms with Gasteiger partial charge in [-0.2, -0.15) is 0 Å². The summed E-state index contributed by atoms with van der Waals surface area (Å²) in [6, 6.07) is 0.630. The van der Waals surface area contributed by atoms with Gasteiger partial charge in [-0.25, -0.2) is 0 Å². The van der Waals surface area contributed by atoms with E-state index in [1.807, 2.05) is 0 Å². The van der Waals surface area contributed by atoms with E-state index in [9.17, 15) is 4.79 Å². The highest BCUT2D eigenvalue weighted by atomic mass is 16.5. The third kappa shape index (κ3) is 4.43. The normalized spacial score (nSPS) is 32.6. The first-order valence-corrected chi connectivity index (χ1v) is 8.75. The maximum absolute atomic E-state index is 12.3. The lowest BCUT2D eigenvalue weighted by Gasteiger charge is -2.40. The first kappa shape index (κ1) is 16.8. The molecular formula is C17H32N2O2. The van der Waals surface area contributed by atoms with Gasteiger partial charge in [-0.15, -0.1) is 0 Å². The lowest BCUT2D eigenvalue weighted by atomic mass is 9.85. The Labute approximate surface area is 129 Å². The third-order valence-electron chi connectivity index (χ3n) is 5.48. The number of amides is 1. The molecule has 4 heteroatoms. The van der Waals surface area contributed by atoms with E-state index in [1.165, 1.54) is 12.8 Å². The minimum Gasteiger partial charge on any atom is -0.375 e. The summed E-state index contributed by atoms with van der Waals surface area (Å²) >= 11 is 0. The molecule has 0 radical (unpaired) electrons. The topological polar surface area (TPSA) is 50.4 Å². The number of hydrogen-bond donors (Lipinski definition) is 2. The highest BCUT2D eigenvalue weighted by molar-refractivity contribution is 5.77. The second-order valence-corrected chi connectivity index (χ2v) is 6.88. The van der Waals surface area contributed by atoms with Crippen molar-refractivity contribution in [3.8, 4) is 0 Å². The van der Waals surface area contributed by atoms with Crippen molar-refractivity contribution >= 4 is 5.91 Å². The number of nitrogens with one attached hydrogen (secondary N) is 2. The lowest BCUT2D eigenvalue weighted by molar-refractivity contribution is -0.126. The van der Waals surface area contributed by atoms with Crippen LogP contribution in [0.15, 0.2) is 0 Å². The Morgan fingerprint density at radius 1 is 1.33 bits per heavy atom. The number of piperidine rings is 1. The fraction of sp³-hybridized carbons (Fsp3) is 0.941. The quantitative estimate of drug-likeness (QED) is 0.820. The zero-order chi connectivity index (χ0) is 15.3. The zero-order valence-corrected chi connectivity index (χ0v) is 13.9. The molecule has 0 aromatic rings. The third-order valence-corrected chi connectivity index (χ3v) is 5.48. The minimum absolute atomic E-state index is 0.0213. The van der Waals surface area contributed by atoms with Crippen molar-refractivity contribution in [2.45, 2.75) is 83.4 Å². The summed E-state index contributed by atoms with van der Waals surface area (Å²) in [5.41, 5.74) is -0.0213. The molecular weight excluding hydrogens is 264 g/mol. The molecule has 3 atom stereocenters. The summed E-state index contributed by atoms with van der Waals surface area (Å²) in [4.78, 5) is 12.3. The van der Waals surface area contributed by atoms with Gasteiger partial charge in [0, 0.05) is 25.1 Å². The van der Waals surface area contributed by atoms with Gasteiger partial charge in [-0.1, -0.05) is 20.8 Å². The van der Waals surface area contributed by atoms with Crippen molar-refractivity contribution in [1.82, 2.24) is 10.6 Å². The monoisotopic (exact) mass is 296 g/mol. The Balaban J connectivity index is 1.81. The maximum Gasteiger partial charge on any atom is 0.221 e. The molecule has 2 aliphatic rings. The largest absolute Gasteiger partial charge is 0.375 e. The Morgan fingerprint density at radius 2 is 2.10 bits per heavy atom. The van der Waals surface area contributed by atoms with Gasteiger partial charge < -0.3 is 15.4 Å². The van der Waals surface area contributed by atoms with Gasteiger partial charge in [0.2, 0.25) is 5.91 Å². The van der Waals surface area contributed by atoms with Gasteiger partial charge in [0.05, 0.1) is 5.60 Å². The summed E-state index contributed by atoms with van der Waals surface area (Å²) in [6.45, 7) is 8.43. The van der Waals surface area contributed by atoms with Crippen LogP contribution in [-0.2, 0) is 9.53 Å². The fourth-order valence-corrected chi connectivity index (χ4v) is 3.77. The number of carbonyl (C=O) groups excluding carboxylic acids is 1. The van der Waals surface area contributed by atoms with Crippen LogP contribution in [0.2, 0.25) is 0 Å². The molecule has 0 spiro atoms. The summed E-state index contributed by atoms with van der Waals surface area (Å²) in [5, 5.41) is 6.74. The minimum atomic E-state index is -0.0213. The smallest absolute Gasteiger partial charge is 0.221 e. The predicted molar refractivity (Wildman–Crippen MR) is 85.2 cm³/mol. The molecule has 0 aliphatic carbocycles. The van der Waals surface area contributed by atoms with Crippen molar-refractivity contribution in [2.24, 2.45) is 5.92 Å². The summed E-state index contributed by atoms with van der Waals surface area (Å²) < 4.78 is 5.98. The highest BCUT2D eigenvalue weighted by Gasteiger charge is 2.35. The van der Waals surface area contributed by atoms with E-state index in [2.05, 4.69) is 31.4 Å². The molecule has 0 bridgehead atoms. The maximum atomic E-state index is 12.3. The average Bonchev–Trinajstić information content (AvgIpc) is 2.49. The molecule has 2 rings (SSSR count). The molecule has 0 aromatic heterocycles. The predicted octanol–water partition coefficient (Wildman–Crippen LogP) is 2.62. The summed E-state index contributed by atoms with van der Waals surface area (Å²) in [7, 11) is 0. The van der Waals surface area contributed by atoms with Gasteiger partial charge in [0.1, 0.15) is 0 Å². The number of ether oxygens (including phenoxy) is 1. The molecule has 2 heterocycles. The molecule has 3 unspecified atom stereocenters. The first-order valence-electron chi connectivity index (χ1n) is 8.75. The number of hydrogen-bond acceptors (Lipinski definition) is 3. The lowest BCUT2D eigenvalue weighted by Crippen LogP contribution is -2.50. The van der Waals surface area contributed by atoms with Crippen LogP contribution in [0.3, 0.4) is 0 Å². The molecule has 2 fully saturated rings. The van der Waals surface area contributed by atoms with Gasteiger partial charge in [0.15, 0.2) is 0 Å². The standard InChI is InChI=1S/C17H32N2O2/c1-4-17(5-2)12-14(8-10-21-17)19-16(20)11-15-13(3)7-6-9-18-15/h13-15,18H,4-12H2,1-3H3,(H,19,20). The Hall–Kier alpha value is -0.610. The van der Waals surface area contributed by atoms with Crippen LogP contribution in [0.25, 0.3) is 0 Å². The second kappa shape index (κ2) is 7.59. The van der Waals surface area contributed by atoms with Crippen molar-refractivity contribution in [1.29, 1.82) is 0 Å². The van der Waals surface area contributed by atoms with E-state index >= 15 is 0 Å². The molecule has 21 heavy (non-hydrogen) atoms. The highest BCUT2D eigenvalue weighted by Crippen LogP contribution is 2.31. The van der Waals surface area contributed by atoms with E-state index in [0.717, 1.165) is 38.8 Å². The van der Waals surface area contributed by atoms with E-state index in [-0.39, 0.29) is 17.6 Å². The summed E-state index contributed by atoms with van der Waals surface area (Å²) in [6.07, 6.45) is 7.03. The number of carbonyl (C=O) groups is 1. The van der Waals surface area contributed by atoms with Crippen LogP contribution < -0.4 is 10.6 Å². The van der Waals surface area contributed by atoms with E-state index < -0.39 is 0 Å². The van der Waals surface area contributed by atoms with Crippen LogP contribution in [-0.4, -0.2) is 36.7 Å². The van der Waals surface area contributed by atoms with E-state index in [0.29, 0.717) is 18.4 Å². The van der Waals surface area contributed by atoms with Gasteiger partial charge >= 0.3 is 0 Å². The zero-order valence-electron chi connectivity index (χ0n) is 13.9. The van der Waals surface area contributed by atoms with Crippen molar-refractivity contribution in [3.05, 3.63) is 0 Å². The number of rotatable bonds is 5. The Morgan fingerprint density at radius 3 is 2.76 bits per heavy atom. The molecule has 2 saturated heterocycles. The van der Waals surface area contributed by atoms with Crippen LogP contribution in [0.1, 0.15) is 65.7 Å². The van der Waals surface area contributed by atoms with Crippen LogP contribution in [0.5, 0.6) is 0 Å². The molecule has 4 nitrogen and oxygen atoms in total. The van der Waals surface area contributed by atoms with Gasteiger partial charge in [-0.05, 0) is 51.0 Å².